The Morgan fingerprint density at radius 1 is 1.31 bits per heavy atom. The molecule has 1 aromatic carbocycles. The van der Waals surface area contributed by atoms with Gasteiger partial charge in [-0.3, -0.25) is 4.90 Å². The zero-order valence-electron chi connectivity index (χ0n) is 15.4. The Balaban J connectivity index is 1.58. The zero-order chi connectivity index (χ0) is 17.9. The molecule has 0 aliphatic carbocycles. The summed E-state index contributed by atoms with van der Waals surface area (Å²) in [5.41, 5.74) is 2.91. The Hall–Kier alpha value is -2.60. The third kappa shape index (κ3) is 3.24. The van der Waals surface area contributed by atoms with E-state index in [9.17, 15) is 0 Å². The topological polar surface area (TPSA) is 54.7 Å². The van der Waals surface area contributed by atoms with Crippen LogP contribution in [0.3, 0.4) is 0 Å². The normalized spacial score (nSPS) is 17.7. The van der Waals surface area contributed by atoms with Crippen molar-refractivity contribution >= 4 is 11.5 Å². The minimum Gasteiger partial charge on any atom is -0.497 e. The number of aromatic nitrogens is 3. The Bertz CT molecular complexity index is 891. The number of benzene rings is 1. The van der Waals surface area contributed by atoms with Crippen LogP contribution in [0.15, 0.2) is 42.7 Å². The van der Waals surface area contributed by atoms with Gasteiger partial charge in [-0.25, -0.2) is 9.50 Å². The first-order chi connectivity index (χ1) is 12.8. The van der Waals surface area contributed by atoms with Gasteiger partial charge in [0.25, 0.3) is 0 Å². The summed E-state index contributed by atoms with van der Waals surface area (Å²) in [6.07, 6.45) is 6.36. The number of ether oxygens (including phenoxy) is 1. The van der Waals surface area contributed by atoms with E-state index in [4.69, 9.17) is 9.72 Å². The van der Waals surface area contributed by atoms with E-state index in [0.29, 0.717) is 6.04 Å². The molecule has 1 aliphatic rings. The lowest BCUT2D eigenvalue weighted by atomic mass is 10.1. The molecule has 1 saturated heterocycles. The maximum Gasteiger partial charge on any atom is 0.165 e. The maximum atomic E-state index is 5.34. The number of hydrogen-bond acceptors (Lipinski definition) is 5. The number of fused-ring (bicyclic) bond motifs is 1. The van der Waals surface area contributed by atoms with Crippen molar-refractivity contribution in [2.75, 3.05) is 32.1 Å². The molecule has 0 bridgehead atoms. The van der Waals surface area contributed by atoms with Crippen LogP contribution in [0.5, 0.6) is 5.75 Å². The number of hydrogen-bond donors (Lipinski definition) is 1. The molecule has 26 heavy (non-hydrogen) atoms. The van der Waals surface area contributed by atoms with Gasteiger partial charge in [0.15, 0.2) is 5.65 Å². The van der Waals surface area contributed by atoms with E-state index in [1.54, 1.807) is 7.11 Å². The molecule has 1 atom stereocenters. The summed E-state index contributed by atoms with van der Waals surface area (Å²) < 4.78 is 7.15. The van der Waals surface area contributed by atoms with Crippen LogP contribution in [0, 0.1) is 0 Å². The predicted octanol–water partition coefficient (Wildman–Crippen LogP) is 3.30. The second kappa shape index (κ2) is 7.33. The van der Waals surface area contributed by atoms with Crippen molar-refractivity contribution in [2.45, 2.75) is 25.8 Å². The summed E-state index contributed by atoms with van der Waals surface area (Å²) in [7, 11) is 1.68. The van der Waals surface area contributed by atoms with Gasteiger partial charge < -0.3 is 10.1 Å². The molecule has 0 spiro atoms. The summed E-state index contributed by atoms with van der Waals surface area (Å²) in [4.78, 5) is 7.34. The fourth-order valence-electron chi connectivity index (χ4n) is 3.73. The smallest absolute Gasteiger partial charge is 0.165 e. The molecule has 6 nitrogen and oxygen atoms in total. The van der Waals surface area contributed by atoms with Gasteiger partial charge in [0.05, 0.1) is 13.3 Å². The van der Waals surface area contributed by atoms with Crippen LogP contribution in [0.4, 0.5) is 5.82 Å². The number of nitrogens with zero attached hydrogens (tertiary/aromatic N) is 4. The highest BCUT2D eigenvalue weighted by Crippen LogP contribution is 2.27. The minimum atomic E-state index is 0.598. The fourth-order valence-corrected chi connectivity index (χ4v) is 3.73. The van der Waals surface area contributed by atoms with Crippen molar-refractivity contribution in [1.29, 1.82) is 0 Å². The van der Waals surface area contributed by atoms with Gasteiger partial charge in [0, 0.05) is 24.3 Å². The number of methoxy groups -OCH3 is 1. The molecule has 0 unspecified atom stereocenters. The van der Waals surface area contributed by atoms with Gasteiger partial charge in [0.2, 0.25) is 0 Å². The summed E-state index contributed by atoms with van der Waals surface area (Å²) in [6, 6.07) is 10.6. The lowest BCUT2D eigenvalue weighted by Crippen LogP contribution is -2.34. The van der Waals surface area contributed by atoms with Crippen molar-refractivity contribution in [3.63, 3.8) is 0 Å². The third-order valence-electron chi connectivity index (χ3n) is 5.17. The molecule has 6 heteroatoms. The quantitative estimate of drug-likeness (QED) is 0.738. The van der Waals surface area contributed by atoms with Crippen molar-refractivity contribution in [3.05, 3.63) is 42.7 Å². The number of likely N-dealkylation sites (tertiary alicyclic amines) is 1. The summed E-state index contributed by atoms with van der Waals surface area (Å²) in [5, 5.41) is 7.95. The zero-order valence-corrected chi connectivity index (χ0v) is 15.4. The Kier molecular flexibility index (Phi) is 4.75. The lowest BCUT2D eigenvalue weighted by molar-refractivity contribution is 0.277. The van der Waals surface area contributed by atoms with Gasteiger partial charge in [-0.2, -0.15) is 5.10 Å². The maximum absolute atomic E-state index is 5.34. The summed E-state index contributed by atoms with van der Waals surface area (Å²) in [6.45, 7) is 5.48. The molecule has 0 radical (unpaired) electrons. The van der Waals surface area contributed by atoms with Crippen LogP contribution in [0.25, 0.3) is 16.8 Å². The van der Waals surface area contributed by atoms with Gasteiger partial charge in [-0.05, 0) is 49.7 Å². The highest BCUT2D eigenvalue weighted by molar-refractivity contribution is 5.78. The van der Waals surface area contributed by atoms with Crippen LogP contribution < -0.4 is 10.1 Å². The van der Waals surface area contributed by atoms with Crippen LogP contribution in [-0.4, -0.2) is 52.3 Å². The van der Waals surface area contributed by atoms with Gasteiger partial charge in [-0.1, -0.05) is 19.1 Å². The largest absolute Gasteiger partial charge is 0.497 e. The SMILES string of the molecule is CCN1CCC[C@H]1CNc1ccn2ncc(-c3cccc(OC)c3)c2n1. The predicted molar refractivity (Wildman–Crippen MR) is 104 cm³/mol. The van der Waals surface area contributed by atoms with Crippen LogP contribution in [0.1, 0.15) is 19.8 Å². The molecule has 4 rings (SSSR count). The fraction of sp³-hybridized carbons (Fsp3) is 0.400. The van der Waals surface area contributed by atoms with Crippen molar-refractivity contribution in [1.82, 2.24) is 19.5 Å². The van der Waals surface area contributed by atoms with Gasteiger partial charge in [0.1, 0.15) is 11.6 Å². The second-order valence-corrected chi connectivity index (χ2v) is 6.68. The Morgan fingerprint density at radius 3 is 3.08 bits per heavy atom. The Morgan fingerprint density at radius 2 is 2.23 bits per heavy atom. The second-order valence-electron chi connectivity index (χ2n) is 6.68. The molecule has 1 N–H and O–H groups in total. The molecule has 136 valence electrons. The van der Waals surface area contributed by atoms with E-state index in [1.165, 1.54) is 19.4 Å². The van der Waals surface area contributed by atoms with E-state index in [0.717, 1.165) is 41.4 Å². The molecule has 1 aliphatic heterocycles. The standard InChI is InChI=1S/C20H25N5O/c1-3-24-10-5-7-16(24)13-21-19-9-11-25-20(23-19)18(14-22-25)15-6-4-8-17(12-15)26-2/h4,6,8-9,11-12,14,16H,3,5,7,10,13H2,1-2H3,(H,21,23)/t16-/m0/s1. The average Bonchev–Trinajstić information content (AvgIpc) is 3.32. The van der Waals surface area contributed by atoms with Crippen LogP contribution >= 0.6 is 0 Å². The molecule has 0 saturated carbocycles. The average molecular weight is 351 g/mol. The molecule has 2 aromatic heterocycles. The van der Waals surface area contributed by atoms with Crippen LogP contribution in [-0.2, 0) is 0 Å². The number of anilines is 1. The molecule has 1 fully saturated rings. The van der Waals surface area contributed by atoms with E-state index >= 15 is 0 Å². The van der Waals surface area contributed by atoms with E-state index in [-0.39, 0.29) is 0 Å². The molecule has 3 heterocycles. The Labute approximate surface area is 153 Å². The highest BCUT2D eigenvalue weighted by atomic mass is 16.5. The monoisotopic (exact) mass is 351 g/mol. The third-order valence-corrected chi connectivity index (χ3v) is 5.17. The van der Waals surface area contributed by atoms with Crippen molar-refractivity contribution in [2.24, 2.45) is 0 Å². The molecule has 0 amide bonds. The first-order valence-corrected chi connectivity index (χ1v) is 9.25. The van der Waals surface area contributed by atoms with Crippen molar-refractivity contribution < 1.29 is 4.74 Å². The molecular formula is C20H25N5O. The summed E-state index contributed by atoms with van der Waals surface area (Å²) in [5.74, 6) is 1.72. The van der Waals surface area contributed by atoms with Gasteiger partial charge in [-0.15, -0.1) is 0 Å². The lowest BCUT2D eigenvalue weighted by Gasteiger charge is -2.23. The highest BCUT2D eigenvalue weighted by Gasteiger charge is 2.22. The first kappa shape index (κ1) is 16.8. The summed E-state index contributed by atoms with van der Waals surface area (Å²) >= 11 is 0. The number of nitrogens with one attached hydrogen (secondary N) is 1. The molecule has 3 aromatic rings. The van der Waals surface area contributed by atoms with E-state index < -0.39 is 0 Å². The minimum absolute atomic E-state index is 0.598. The van der Waals surface area contributed by atoms with Gasteiger partial charge >= 0.3 is 0 Å². The molecular weight excluding hydrogens is 326 g/mol. The number of rotatable bonds is 6. The van der Waals surface area contributed by atoms with E-state index in [1.807, 2.05) is 41.2 Å². The van der Waals surface area contributed by atoms with Crippen LogP contribution in [0.2, 0.25) is 0 Å². The van der Waals surface area contributed by atoms with E-state index in [2.05, 4.69) is 28.3 Å². The number of likely N-dealkylation sites (N-methyl/N-ethyl adjacent to an activating group) is 1. The van der Waals surface area contributed by atoms with Crippen molar-refractivity contribution in [3.8, 4) is 16.9 Å². The first-order valence-electron chi connectivity index (χ1n) is 9.25.